The molecule has 0 saturated heterocycles. The largest absolute Gasteiger partial charge is 0.747 e. The Balaban J connectivity index is 2.46. The molecule has 0 bridgehead atoms. The maximum absolute atomic E-state index is 13.7. The first kappa shape index (κ1) is 26.1. The SMILES string of the molecule is CS(=O)(=O)c1ccc(-c2nc(C(F)(F)F)nc(C(CCCl)S(=O)(=O)[O-])c2-c2ccccc2)cc1. The Kier molecular flexibility index (Phi) is 7.37. The van der Waals surface area contributed by atoms with Crippen LogP contribution < -0.4 is 0 Å². The highest BCUT2D eigenvalue weighted by molar-refractivity contribution is 7.90. The Morgan fingerprint density at radius 1 is 0.941 bits per heavy atom. The molecule has 34 heavy (non-hydrogen) atoms. The number of alkyl halides is 4. The fourth-order valence-corrected chi connectivity index (χ4v) is 5.14. The van der Waals surface area contributed by atoms with Gasteiger partial charge in [-0.25, -0.2) is 26.8 Å². The molecule has 0 spiro atoms. The maximum atomic E-state index is 13.7. The van der Waals surface area contributed by atoms with Crippen LogP contribution in [-0.2, 0) is 26.1 Å². The Bertz CT molecular complexity index is 1400. The van der Waals surface area contributed by atoms with Crippen LogP contribution in [0.25, 0.3) is 22.4 Å². The van der Waals surface area contributed by atoms with Crippen LogP contribution in [-0.4, -0.2) is 43.5 Å². The number of hydrogen-bond donors (Lipinski definition) is 0. The van der Waals surface area contributed by atoms with E-state index in [1.807, 2.05) is 0 Å². The van der Waals surface area contributed by atoms with Crippen LogP contribution in [0.3, 0.4) is 0 Å². The number of aromatic nitrogens is 2. The van der Waals surface area contributed by atoms with Gasteiger partial charge in [-0.05, 0) is 24.1 Å². The summed E-state index contributed by atoms with van der Waals surface area (Å²) in [7, 11) is -8.76. The molecular formula is C21H17ClF3N2O5S2-. The molecule has 1 aromatic heterocycles. The van der Waals surface area contributed by atoms with Crippen molar-refractivity contribution in [1.82, 2.24) is 9.97 Å². The Morgan fingerprint density at radius 3 is 2.00 bits per heavy atom. The van der Waals surface area contributed by atoms with Crippen molar-refractivity contribution in [3.05, 3.63) is 66.1 Å². The summed E-state index contributed by atoms with van der Waals surface area (Å²) in [5.41, 5.74) is -0.724. The van der Waals surface area contributed by atoms with Gasteiger partial charge in [0.1, 0.15) is 10.1 Å². The summed E-state index contributed by atoms with van der Waals surface area (Å²) < 4.78 is 101. The minimum absolute atomic E-state index is 0.0633. The summed E-state index contributed by atoms with van der Waals surface area (Å²) in [4.78, 5) is 7.05. The molecule has 0 aliphatic carbocycles. The van der Waals surface area contributed by atoms with Gasteiger partial charge in [0.25, 0.3) is 0 Å². The topological polar surface area (TPSA) is 117 Å². The van der Waals surface area contributed by atoms with Crippen molar-refractivity contribution >= 4 is 31.6 Å². The van der Waals surface area contributed by atoms with Gasteiger partial charge in [0, 0.05) is 23.3 Å². The molecule has 3 aromatic rings. The minimum Gasteiger partial charge on any atom is -0.747 e. The molecule has 182 valence electrons. The first-order chi connectivity index (χ1) is 15.7. The normalized spacial score (nSPS) is 13.6. The lowest BCUT2D eigenvalue weighted by Gasteiger charge is -2.24. The minimum atomic E-state index is -5.17. The third-order valence-corrected chi connectivity index (χ3v) is 7.34. The Labute approximate surface area is 199 Å². The molecule has 0 radical (unpaired) electrons. The summed E-state index contributed by atoms with van der Waals surface area (Å²) in [6.07, 6.45) is -4.57. The summed E-state index contributed by atoms with van der Waals surface area (Å²) in [6.45, 7) is 0. The zero-order valence-electron chi connectivity index (χ0n) is 17.5. The molecule has 0 fully saturated rings. The molecule has 7 nitrogen and oxygen atoms in total. The van der Waals surface area contributed by atoms with Gasteiger partial charge < -0.3 is 4.55 Å². The average molecular weight is 534 g/mol. The van der Waals surface area contributed by atoms with Crippen molar-refractivity contribution in [2.24, 2.45) is 0 Å². The second-order valence-corrected chi connectivity index (χ2v) is 11.2. The molecule has 0 N–H and O–H groups in total. The Morgan fingerprint density at radius 2 is 1.53 bits per heavy atom. The number of nitrogens with zero attached hydrogens (tertiary/aromatic N) is 2. The fourth-order valence-electron chi connectivity index (χ4n) is 3.31. The highest BCUT2D eigenvalue weighted by Crippen LogP contribution is 2.41. The van der Waals surface area contributed by atoms with Gasteiger partial charge in [-0.3, -0.25) is 0 Å². The van der Waals surface area contributed by atoms with Gasteiger partial charge in [-0.2, -0.15) is 13.2 Å². The van der Waals surface area contributed by atoms with Crippen LogP contribution in [0.1, 0.15) is 23.2 Å². The highest BCUT2D eigenvalue weighted by Gasteiger charge is 2.38. The van der Waals surface area contributed by atoms with Crippen molar-refractivity contribution in [3.63, 3.8) is 0 Å². The number of halogens is 4. The lowest BCUT2D eigenvalue weighted by atomic mass is 9.95. The first-order valence-electron chi connectivity index (χ1n) is 9.59. The van der Waals surface area contributed by atoms with E-state index in [-0.39, 0.29) is 33.2 Å². The van der Waals surface area contributed by atoms with Crippen LogP contribution in [0, 0.1) is 0 Å². The van der Waals surface area contributed by atoms with Crippen molar-refractivity contribution in [2.45, 2.75) is 22.7 Å². The Hall–Kier alpha value is -2.54. The quantitative estimate of drug-likeness (QED) is 0.325. The second-order valence-electron chi connectivity index (χ2n) is 7.28. The molecule has 1 heterocycles. The third-order valence-electron chi connectivity index (χ3n) is 4.83. The predicted molar refractivity (Wildman–Crippen MR) is 119 cm³/mol. The van der Waals surface area contributed by atoms with Gasteiger partial charge in [0.2, 0.25) is 5.82 Å². The van der Waals surface area contributed by atoms with E-state index in [1.165, 1.54) is 36.4 Å². The monoisotopic (exact) mass is 533 g/mol. The number of hydrogen-bond acceptors (Lipinski definition) is 7. The van der Waals surface area contributed by atoms with Crippen molar-refractivity contribution in [2.75, 3.05) is 12.1 Å². The van der Waals surface area contributed by atoms with E-state index in [0.29, 0.717) is 0 Å². The smallest absolute Gasteiger partial charge is 0.451 e. The first-order valence-corrected chi connectivity index (χ1v) is 13.5. The summed E-state index contributed by atoms with van der Waals surface area (Å²) in [5, 5.41) is -1.97. The fraction of sp³-hybridized carbons (Fsp3) is 0.238. The molecule has 0 aliphatic rings. The number of benzene rings is 2. The second kappa shape index (κ2) is 9.61. The molecule has 13 heteroatoms. The molecule has 1 atom stereocenters. The molecule has 0 aliphatic heterocycles. The molecule has 1 unspecified atom stereocenters. The van der Waals surface area contributed by atoms with Crippen molar-refractivity contribution in [3.8, 4) is 22.4 Å². The zero-order chi connectivity index (χ0) is 25.3. The van der Waals surface area contributed by atoms with Gasteiger partial charge in [-0.1, -0.05) is 42.5 Å². The van der Waals surface area contributed by atoms with E-state index in [2.05, 4.69) is 9.97 Å². The van der Waals surface area contributed by atoms with Gasteiger partial charge in [-0.15, -0.1) is 11.6 Å². The van der Waals surface area contributed by atoms with E-state index in [4.69, 9.17) is 11.6 Å². The number of sulfone groups is 1. The summed E-state index contributed by atoms with van der Waals surface area (Å²) >= 11 is 5.67. The van der Waals surface area contributed by atoms with E-state index < -0.39 is 49.3 Å². The van der Waals surface area contributed by atoms with Crippen LogP contribution in [0.2, 0.25) is 0 Å². The van der Waals surface area contributed by atoms with Crippen molar-refractivity contribution < 1.29 is 34.6 Å². The molecule has 0 saturated carbocycles. The van der Waals surface area contributed by atoms with Gasteiger partial charge >= 0.3 is 6.18 Å². The number of rotatable bonds is 7. The summed E-state index contributed by atoms with van der Waals surface area (Å²) in [5.74, 6) is -1.98. The zero-order valence-corrected chi connectivity index (χ0v) is 19.8. The predicted octanol–water partition coefficient (Wildman–Crippen LogP) is 4.45. The third kappa shape index (κ3) is 5.74. The van der Waals surface area contributed by atoms with Crippen LogP contribution in [0.4, 0.5) is 13.2 Å². The lowest BCUT2D eigenvalue weighted by molar-refractivity contribution is -0.145. The van der Waals surface area contributed by atoms with Gasteiger partial charge in [0.15, 0.2) is 9.84 Å². The van der Waals surface area contributed by atoms with Gasteiger partial charge in [0.05, 0.1) is 21.5 Å². The van der Waals surface area contributed by atoms with Crippen LogP contribution >= 0.6 is 11.6 Å². The summed E-state index contributed by atoms with van der Waals surface area (Å²) in [6, 6.07) is 12.6. The average Bonchev–Trinajstić information content (AvgIpc) is 2.75. The van der Waals surface area contributed by atoms with Crippen LogP contribution in [0.15, 0.2) is 59.5 Å². The lowest BCUT2D eigenvalue weighted by Crippen LogP contribution is -2.21. The molecule has 3 rings (SSSR count). The van der Waals surface area contributed by atoms with E-state index >= 15 is 0 Å². The van der Waals surface area contributed by atoms with E-state index in [1.54, 1.807) is 18.2 Å². The van der Waals surface area contributed by atoms with Crippen molar-refractivity contribution in [1.29, 1.82) is 0 Å². The van der Waals surface area contributed by atoms with E-state index in [9.17, 15) is 34.6 Å². The molecule has 0 amide bonds. The van der Waals surface area contributed by atoms with E-state index in [0.717, 1.165) is 6.26 Å². The molecule has 2 aromatic carbocycles. The van der Waals surface area contributed by atoms with Crippen LogP contribution in [0.5, 0.6) is 0 Å². The molecular weight excluding hydrogens is 517 g/mol. The highest BCUT2D eigenvalue weighted by atomic mass is 35.5. The standard InChI is InChI=1S/C21H18ClF3N2O5S2/c1-33(28,29)15-9-7-14(8-10-15)18-17(13-5-3-2-4-6-13)19(16(11-12-22)34(30,31)32)27-20(26-18)21(23,24)25/h2-10,16H,11-12H2,1H3,(H,30,31,32)/p-1. The maximum Gasteiger partial charge on any atom is 0.451 e.